The van der Waals surface area contributed by atoms with Gasteiger partial charge in [0.2, 0.25) is 5.88 Å². The Balaban J connectivity index is 1.82. The summed E-state index contributed by atoms with van der Waals surface area (Å²) in [5.74, 6) is -1.73. The van der Waals surface area contributed by atoms with Gasteiger partial charge < -0.3 is 14.2 Å². The molecule has 2 aromatic heterocycles. The molecule has 0 aliphatic carbocycles. The molecule has 0 aliphatic rings. The average Bonchev–Trinajstić information content (AvgIpc) is 3.08. The lowest BCUT2D eigenvalue weighted by Gasteiger charge is -2.13. The summed E-state index contributed by atoms with van der Waals surface area (Å²) >= 11 is 6.04. The molecular weight excluding hydrogens is 481 g/mol. The number of hydrogen-bond donors (Lipinski definition) is 0. The molecule has 0 N–H and O–H groups in total. The fourth-order valence-electron chi connectivity index (χ4n) is 2.73. The van der Waals surface area contributed by atoms with E-state index in [-0.39, 0.29) is 39.4 Å². The van der Waals surface area contributed by atoms with E-state index >= 15 is 0 Å². The number of aromatic nitrogens is 4. The van der Waals surface area contributed by atoms with E-state index in [0.29, 0.717) is 4.68 Å². The Morgan fingerprint density at radius 1 is 1.32 bits per heavy atom. The minimum absolute atomic E-state index is 0.0429. The molecule has 0 saturated carbocycles. The number of nitrogens with zero attached hydrogens (tertiary/aromatic N) is 4. The summed E-state index contributed by atoms with van der Waals surface area (Å²) in [6, 6.07) is 4.74. The molecule has 3 aromatic rings. The maximum absolute atomic E-state index is 14.5. The molecule has 0 bridgehead atoms. The second kappa shape index (κ2) is 10.4. The highest BCUT2D eigenvalue weighted by Gasteiger charge is 2.22. The lowest BCUT2D eigenvalue weighted by atomic mass is 10.3. The summed E-state index contributed by atoms with van der Waals surface area (Å²) in [4.78, 5) is 28.0. The molecule has 13 heteroatoms. The van der Waals surface area contributed by atoms with Crippen molar-refractivity contribution >= 4 is 17.6 Å². The molecule has 0 spiro atoms. The van der Waals surface area contributed by atoms with Crippen LogP contribution in [0.2, 0.25) is 5.02 Å². The number of ether oxygens (including phenoxy) is 3. The SMILES string of the molecule is C=CCOC(=O)C(C)Oc1ccc(Oc2cc(-n3nc(C)n(C(F)F)c3=O)c(F)cc2Cl)cn1. The lowest BCUT2D eigenvalue weighted by molar-refractivity contribution is -0.149. The number of pyridine rings is 1. The highest BCUT2D eigenvalue weighted by molar-refractivity contribution is 6.32. The Hall–Kier alpha value is -3.80. The van der Waals surface area contributed by atoms with Gasteiger partial charge in [-0.05, 0) is 26.0 Å². The molecule has 1 unspecified atom stereocenters. The molecule has 1 atom stereocenters. The fourth-order valence-corrected chi connectivity index (χ4v) is 2.92. The summed E-state index contributed by atoms with van der Waals surface area (Å²) in [7, 11) is 0. The van der Waals surface area contributed by atoms with Gasteiger partial charge in [-0.25, -0.2) is 23.5 Å². The van der Waals surface area contributed by atoms with Crippen molar-refractivity contribution in [2.75, 3.05) is 6.61 Å². The second-order valence-corrected chi connectivity index (χ2v) is 7.14. The monoisotopic (exact) mass is 498 g/mol. The first-order chi connectivity index (χ1) is 16.1. The average molecular weight is 499 g/mol. The van der Waals surface area contributed by atoms with E-state index in [4.69, 9.17) is 25.8 Å². The van der Waals surface area contributed by atoms with Crippen molar-refractivity contribution in [3.63, 3.8) is 0 Å². The van der Waals surface area contributed by atoms with Crippen LogP contribution in [0.5, 0.6) is 17.4 Å². The molecule has 2 heterocycles. The maximum atomic E-state index is 14.5. The molecule has 1 aromatic carbocycles. The van der Waals surface area contributed by atoms with Crippen molar-refractivity contribution in [1.82, 2.24) is 19.3 Å². The topological polar surface area (TPSA) is 97.5 Å². The predicted molar refractivity (Wildman–Crippen MR) is 114 cm³/mol. The zero-order valence-corrected chi connectivity index (χ0v) is 18.6. The number of alkyl halides is 2. The van der Waals surface area contributed by atoms with E-state index in [2.05, 4.69) is 16.7 Å². The number of rotatable bonds is 9. The third-order valence-corrected chi connectivity index (χ3v) is 4.61. The number of carbonyl (C=O) groups is 1. The van der Waals surface area contributed by atoms with Gasteiger partial charge in [0.15, 0.2) is 11.9 Å². The summed E-state index contributed by atoms with van der Waals surface area (Å²) < 4.78 is 57.1. The van der Waals surface area contributed by atoms with Crippen LogP contribution < -0.4 is 15.2 Å². The number of aryl methyl sites for hydroxylation is 1. The molecule has 180 valence electrons. The van der Waals surface area contributed by atoms with Crippen molar-refractivity contribution in [1.29, 1.82) is 0 Å². The van der Waals surface area contributed by atoms with Gasteiger partial charge in [-0.3, -0.25) is 0 Å². The first-order valence-electron chi connectivity index (χ1n) is 9.66. The van der Waals surface area contributed by atoms with Crippen molar-refractivity contribution in [2.45, 2.75) is 26.5 Å². The van der Waals surface area contributed by atoms with Crippen LogP contribution in [-0.2, 0) is 9.53 Å². The van der Waals surface area contributed by atoms with E-state index in [0.717, 1.165) is 12.1 Å². The van der Waals surface area contributed by atoms with Crippen molar-refractivity contribution in [3.05, 3.63) is 70.3 Å². The Kier molecular flexibility index (Phi) is 7.61. The van der Waals surface area contributed by atoms with Crippen LogP contribution in [0.3, 0.4) is 0 Å². The highest BCUT2D eigenvalue weighted by atomic mass is 35.5. The van der Waals surface area contributed by atoms with Crippen LogP contribution in [0.25, 0.3) is 5.69 Å². The van der Waals surface area contributed by atoms with E-state index in [9.17, 15) is 22.8 Å². The molecule has 3 rings (SSSR count). The maximum Gasteiger partial charge on any atom is 0.355 e. The molecule has 0 saturated heterocycles. The molecule has 9 nitrogen and oxygen atoms in total. The van der Waals surface area contributed by atoms with Gasteiger partial charge in [-0.2, -0.15) is 13.5 Å². The van der Waals surface area contributed by atoms with Gasteiger partial charge in [0.25, 0.3) is 0 Å². The Morgan fingerprint density at radius 2 is 2.06 bits per heavy atom. The summed E-state index contributed by atoms with van der Waals surface area (Å²) in [6.07, 6.45) is 1.74. The van der Waals surface area contributed by atoms with Crippen LogP contribution in [-0.4, -0.2) is 38.0 Å². The van der Waals surface area contributed by atoms with Crippen molar-refractivity contribution in [2.24, 2.45) is 0 Å². The largest absolute Gasteiger partial charge is 0.463 e. The summed E-state index contributed by atoms with van der Waals surface area (Å²) in [6.45, 7) is 3.01. The van der Waals surface area contributed by atoms with Crippen LogP contribution >= 0.6 is 11.6 Å². The van der Waals surface area contributed by atoms with Gasteiger partial charge in [-0.1, -0.05) is 24.3 Å². The van der Waals surface area contributed by atoms with Gasteiger partial charge in [-0.15, -0.1) is 5.10 Å². The van der Waals surface area contributed by atoms with Gasteiger partial charge >= 0.3 is 18.2 Å². The molecule has 0 aliphatic heterocycles. The quantitative estimate of drug-likeness (QED) is 0.322. The van der Waals surface area contributed by atoms with E-state index in [1.165, 1.54) is 38.3 Å². The van der Waals surface area contributed by atoms with Gasteiger partial charge in [0, 0.05) is 12.1 Å². The zero-order chi connectivity index (χ0) is 25.0. The lowest BCUT2D eigenvalue weighted by Crippen LogP contribution is -2.26. The number of hydrogen-bond acceptors (Lipinski definition) is 7. The zero-order valence-electron chi connectivity index (χ0n) is 17.9. The Morgan fingerprint density at radius 3 is 2.65 bits per heavy atom. The van der Waals surface area contributed by atoms with Crippen LogP contribution in [0, 0.1) is 12.7 Å². The highest BCUT2D eigenvalue weighted by Crippen LogP contribution is 2.33. The summed E-state index contributed by atoms with van der Waals surface area (Å²) in [5, 5.41) is 3.53. The molecule has 0 fully saturated rings. The standard InChI is InChI=1S/C21H18ClF3N4O5/c1-4-7-32-19(30)11(2)33-18-6-5-13(10-26-18)34-17-9-16(15(23)8-14(17)22)29-21(31)28(20(24)25)12(3)27-29/h4-6,8-11,20H,1,7H2,2-3H3. The number of carbonyl (C=O) groups excluding carboxylic acids is 1. The minimum atomic E-state index is -3.15. The third-order valence-electron chi connectivity index (χ3n) is 4.32. The smallest absolute Gasteiger partial charge is 0.355 e. The predicted octanol–water partition coefficient (Wildman–Crippen LogP) is 4.21. The first kappa shape index (κ1) is 24.8. The van der Waals surface area contributed by atoms with E-state index in [1.807, 2.05) is 0 Å². The molecular formula is C21H18ClF3N4O5. The molecule has 34 heavy (non-hydrogen) atoms. The van der Waals surface area contributed by atoms with Gasteiger partial charge in [0.1, 0.15) is 29.6 Å². The normalized spacial score (nSPS) is 11.9. The first-order valence-corrected chi connectivity index (χ1v) is 10.0. The fraction of sp³-hybridized carbons (Fsp3) is 0.238. The second-order valence-electron chi connectivity index (χ2n) is 6.74. The van der Waals surface area contributed by atoms with Crippen molar-refractivity contribution in [3.8, 4) is 23.1 Å². The number of esters is 1. The minimum Gasteiger partial charge on any atom is -0.463 e. The third kappa shape index (κ3) is 5.39. The number of halogens is 4. The molecule has 0 radical (unpaired) electrons. The van der Waals surface area contributed by atoms with Crippen molar-refractivity contribution < 1.29 is 32.2 Å². The molecule has 0 amide bonds. The van der Waals surface area contributed by atoms with Crippen LogP contribution in [0.1, 0.15) is 19.3 Å². The van der Waals surface area contributed by atoms with Crippen LogP contribution in [0.4, 0.5) is 13.2 Å². The van der Waals surface area contributed by atoms with Gasteiger partial charge in [0.05, 0.1) is 11.2 Å². The van der Waals surface area contributed by atoms with E-state index in [1.54, 1.807) is 0 Å². The Bertz CT molecular complexity index is 1260. The Labute approximate surface area is 195 Å². The summed E-state index contributed by atoms with van der Waals surface area (Å²) in [5.41, 5.74) is -1.67. The van der Waals surface area contributed by atoms with Crippen LogP contribution in [0.15, 0.2) is 47.9 Å². The number of benzene rings is 1. The van der Waals surface area contributed by atoms with E-state index < -0.39 is 35.8 Å².